The van der Waals surface area contributed by atoms with Crippen molar-refractivity contribution < 1.29 is 0 Å². The van der Waals surface area contributed by atoms with E-state index < -0.39 is 0 Å². The van der Waals surface area contributed by atoms with E-state index in [1.165, 1.54) is 29.5 Å². The molecule has 2 aromatic heterocycles. The van der Waals surface area contributed by atoms with Crippen LogP contribution in [0.5, 0.6) is 0 Å². The summed E-state index contributed by atoms with van der Waals surface area (Å²) in [6.07, 6.45) is 8.97. The number of nitrogens with zero attached hydrogens (tertiary/aromatic N) is 3. The Morgan fingerprint density at radius 3 is 3.10 bits per heavy atom. The molecule has 0 aliphatic carbocycles. The minimum Gasteiger partial charge on any atom is -0.355 e. The first-order chi connectivity index (χ1) is 9.81. The van der Waals surface area contributed by atoms with Crippen LogP contribution in [0.25, 0.3) is 10.2 Å². The first-order valence-electron chi connectivity index (χ1n) is 7.33. The van der Waals surface area contributed by atoms with Crippen molar-refractivity contribution >= 4 is 39.1 Å². The number of hydrogen-bond acceptors (Lipinski definition) is 5. The van der Waals surface area contributed by atoms with E-state index in [9.17, 15) is 0 Å². The molecule has 3 rings (SSSR count). The van der Waals surface area contributed by atoms with Crippen molar-refractivity contribution in [3.63, 3.8) is 0 Å². The molecule has 0 amide bonds. The van der Waals surface area contributed by atoms with Crippen LogP contribution in [0.1, 0.15) is 31.1 Å². The van der Waals surface area contributed by atoms with Gasteiger partial charge in [-0.3, -0.25) is 0 Å². The highest BCUT2D eigenvalue weighted by atomic mass is 32.2. The van der Waals surface area contributed by atoms with E-state index >= 15 is 0 Å². The SMILES string of the molecule is CCc1cc2c(N3CCCCC(SC)C3)ncnc2s1. The van der Waals surface area contributed by atoms with Crippen LogP contribution in [-0.2, 0) is 6.42 Å². The Balaban J connectivity index is 1.97. The Kier molecular flexibility index (Phi) is 4.46. The van der Waals surface area contributed by atoms with Crippen molar-refractivity contribution in [1.82, 2.24) is 9.97 Å². The van der Waals surface area contributed by atoms with Crippen LogP contribution >= 0.6 is 23.1 Å². The second-order valence-corrected chi connectivity index (χ2v) is 7.54. The molecule has 0 radical (unpaired) electrons. The lowest BCUT2D eigenvalue weighted by Crippen LogP contribution is -2.30. The third kappa shape index (κ3) is 2.79. The lowest BCUT2D eigenvalue weighted by Gasteiger charge is -2.25. The molecule has 0 N–H and O–H groups in total. The average molecular weight is 307 g/mol. The molecule has 1 atom stereocenters. The third-order valence-electron chi connectivity index (χ3n) is 3.97. The highest BCUT2D eigenvalue weighted by Gasteiger charge is 2.21. The van der Waals surface area contributed by atoms with Crippen LogP contribution in [0.15, 0.2) is 12.4 Å². The van der Waals surface area contributed by atoms with Crippen molar-refractivity contribution in [3.05, 3.63) is 17.3 Å². The van der Waals surface area contributed by atoms with Crippen molar-refractivity contribution in [3.8, 4) is 0 Å². The van der Waals surface area contributed by atoms with Gasteiger partial charge in [-0.25, -0.2) is 9.97 Å². The molecule has 3 heterocycles. The fourth-order valence-corrected chi connectivity index (χ4v) is 4.47. The first-order valence-corrected chi connectivity index (χ1v) is 9.43. The summed E-state index contributed by atoms with van der Waals surface area (Å²) in [7, 11) is 0. The maximum absolute atomic E-state index is 4.60. The fourth-order valence-electron chi connectivity index (χ4n) is 2.81. The molecular weight excluding hydrogens is 286 g/mol. The van der Waals surface area contributed by atoms with Gasteiger partial charge in [-0.1, -0.05) is 13.3 Å². The maximum Gasteiger partial charge on any atom is 0.140 e. The number of aromatic nitrogens is 2. The molecule has 0 aromatic carbocycles. The minimum absolute atomic E-state index is 0.729. The van der Waals surface area contributed by atoms with Crippen molar-refractivity contribution in [1.29, 1.82) is 0 Å². The molecule has 2 aromatic rings. The van der Waals surface area contributed by atoms with E-state index in [0.29, 0.717) is 0 Å². The Hall–Kier alpha value is -0.810. The van der Waals surface area contributed by atoms with Crippen molar-refractivity contribution in [2.24, 2.45) is 0 Å². The molecule has 108 valence electrons. The first kappa shape index (κ1) is 14.1. The third-order valence-corrected chi connectivity index (χ3v) is 6.21. The monoisotopic (exact) mass is 307 g/mol. The molecule has 1 aliphatic rings. The van der Waals surface area contributed by atoms with E-state index in [1.54, 1.807) is 17.7 Å². The molecule has 0 bridgehead atoms. The van der Waals surface area contributed by atoms with Crippen LogP contribution in [-0.4, -0.2) is 34.6 Å². The van der Waals surface area contributed by atoms with Gasteiger partial charge in [0.1, 0.15) is 17.0 Å². The van der Waals surface area contributed by atoms with Crippen molar-refractivity contribution in [2.75, 3.05) is 24.2 Å². The fraction of sp³-hybridized carbons (Fsp3) is 0.600. The zero-order chi connectivity index (χ0) is 13.9. The van der Waals surface area contributed by atoms with Gasteiger partial charge in [-0.15, -0.1) is 11.3 Å². The number of hydrogen-bond donors (Lipinski definition) is 0. The van der Waals surface area contributed by atoms with E-state index in [0.717, 1.165) is 35.4 Å². The summed E-state index contributed by atoms with van der Waals surface area (Å²) in [5.41, 5.74) is 0. The summed E-state index contributed by atoms with van der Waals surface area (Å²) in [4.78, 5) is 14.1. The standard InChI is InChI=1S/C15H21N3S2/c1-3-11-8-13-14(16-10-17-15(13)20-11)18-7-5-4-6-12(9-18)19-2/h8,10,12H,3-7,9H2,1-2H3. The Labute approximate surface area is 128 Å². The van der Waals surface area contributed by atoms with Crippen LogP contribution in [0.4, 0.5) is 5.82 Å². The Bertz CT molecular complexity index is 582. The van der Waals surface area contributed by atoms with Gasteiger partial charge in [-0.2, -0.15) is 11.8 Å². The number of thiophene rings is 1. The Morgan fingerprint density at radius 2 is 2.30 bits per heavy atom. The zero-order valence-electron chi connectivity index (χ0n) is 12.1. The number of anilines is 1. The van der Waals surface area contributed by atoms with Crippen LogP contribution in [0.3, 0.4) is 0 Å². The molecule has 0 spiro atoms. The smallest absolute Gasteiger partial charge is 0.140 e. The maximum atomic E-state index is 4.60. The van der Waals surface area contributed by atoms with Gasteiger partial charge < -0.3 is 4.90 Å². The molecule has 0 saturated carbocycles. The number of thioether (sulfide) groups is 1. The molecule has 1 fully saturated rings. The van der Waals surface area contributed by atoms with Gasteiger partial charge in [-0.05, 0) is 31.6 Å². The Morgan fingerprint density at radius 1 is 1.40 bits per heavy atom. The van der Waals surface area contributed by atoms with Crippen molar-refractivity contribution in [2.45, 2.75) is 37.9 Å². The number of rotatable bonds is 3. The summed E-state index contributed by atoms with van der Waals surface area (Å²) in [5.74, 6) is 1.15. The molecule has 3 nitrogen and oxygen atoms in total. The summed E-state index contributed by atoms with van der Waals surface area (Å²) in [5, 5.41) is 1.97. The van der Waals surface area contributed by atoms with Gasteiger partial charge in [0.25, 0.3) is 0 Å². The molecule has 5 heteroatoms. The van der Waals surface area contributed by atoms with Crippen LogP contribution in [0, 0.1) is 0 Å². The average Bonchev–Trinajstić information content (AvgIpc) is 2.76. The molecule has 1 aliphatic heterocycles. The van der Waals surface area contributed by atoms with E-state index in [4.69, 9.17) is 0 Å². The normalized spacial score (nSPS) is 20.3. The highest BCUT2D eigenvalue weighted by Crippen LogP contribution is 2.32. The topological polar surface area (TPSA) is 29.0 Å². The summed E-state index contributed by atoms with van der Waals surface area (Å²) >= 11 is 3.79. The van der Waals surface area contributed by atoms with Gasteiger partial charge >= 0.3 is 0 Å². The van der Waals surface area contributed by atoms with E-state index in [1.807, 2.05) is 11.8 Å². The predicted octanol–water partition coefficient (Wildman–Crippen LogP) is 3.98. The highest BCUT2D eigenvalue weighted by molar-refractivity contribution is 7.99. The van der Waals surface area contributed by atoms with Crippen LogP contribution < -0.4 is 4.90 Å². The summed E-state index contributed by atoms with van der Waals surface area (Å²) < 4.78 is 0. The lowest BCUT2D eigenvalue weighted by molar-refractivity contribution is 0.736. The largest absolute Gasteiger partial charge is 0.355 e. The number of aryl methyl sites for hydroxylation is 1. The lowest BCUT2D eigenvalue weighted by atomic mass is 10.2. The van der Waals surface area contributed by atoms with Gasteiger partial charge in [0.2, 0.25) is 0 Å². The van der Waals surface area contributed by atoms with Crippen LogP contribution in [0.2, 0.25) is 0 Å². The van der Waals surface area contributed by atoms with Gasteiger partial charge in [0.15, 0.2) is 0 Å². The van der Waals surface area contributed by atoms with Gasteiger partial charge in [0.05, 0.1) is 5.39 Å². The van der Waals surface area contributed by atoms with E-state index in [2.05, 4.69) is 34.1 Å². The second-order valence-electron chi connectivity index (χ2n) is 5.28. The summed E-state index contributed by atoms with van der Waals surface area (Å²) in [6.45, 7) is 4.44. The van der Waals surface area contributed by atoms with E-state index in [-0.39, 0.29) is 0 Å². The molecule has 1 saturated heterocycles. The molecule has 1 unspecified atom stereocenters. The predicted molar refractivity (Wildman–Crippen MR) is 90.2 cm³/mol. The second kappa shape index (κ2) is 6.31. The molecular formula is C15H21N3S2. The quantitative estimate of drug-likeness (QED) is 0.858. The van der Waals surface area contributed by atoms with Gasteiger partial charge in [0, 0.05) is 23.2 Å². The minimum atomic E-state index is 0.729. The zero-order valence-corrected chi connectivity index (χ0v) is 13.8. The summed E-state index contributed by atoms with van der Waals surface area (Å²) in [6, 6.07) is 2.29. The molecule has 20 heavy (non-hydrogen) atoms. The number of fused-ring (bicyclic) bond motifs is 1.